The van der Waals surface area contributed by atoms with E-state index in [1.54, 1.807) is 37.3 Å². The van der Waals surface area contributed by atoms with Crippen LogP contribution in [0.2, 0.25) is 0 Å². The highest BCUT2D eigenvalue weighted by Gasteiger charge is 2.13. The Bertz CT molecular complexity index is 627. The molecular formula is C16H17FN2O2. The van der Waals surface area contributed by atoms with E-state index in [4.69, 9.17) is 10.5 Å². The number of rotatable bonds is 5. The lowest BCUT2D eigenvalue weighted by molar-refractivity contribution is 0.0527. The summed E-state index contributed by atoms with van der Waals surface area (Å²) in [6.07, 6.45) is 0. The number of nitrogen functional groups attached to an aromatic ring is 1. The summed E-state index contributed by atoms with van der Waals surface area (Å²) in [7, 11) is 0. The predicted octanol–water partition coefficient (Wildman–Crippen LogP) is 3.20. The first-order valence-electron chi connectivity index (χ1n) is 6.65. The molecule has 0 bridgehead atoms. The highest BCUT2D eigenvalue weighted by molar-refractivity contribution is 5.98. The third-order valence-electron chi connectivity index (χ3n) is 3.00. The van der Waals surface area contributed by atoms with Crippen LogP contribution in [0.3, 0.4) is 0 Å². The van der Waals surface area contributed by atoms with E-state index in [1.165, 1.54) is 12.1 Å². The minimum atomic E-state index is -0.444. The van der Waals surface area contributed by atoms with Gasteiger partial charge in [-0.25, -0.2) is 9.18 Å². The summed E-state index contributed by atoms with van der Waals surface area (Å²) in [6, 6.07) is 11.3. The fourth-order valence-corrected chi connectivity index (χ4v) is 1.91. The molecule has 0 saturated carbocycles. The number of halogens is 1. The summed E-state index contributed by atoms with van der Waals surface area (Å²) in [5.74, 6) is -0.719. The van der Waals surface area contributed by atoms with Crippen LogP contribution in [0.1, 0.15) is 22.8 Å². The number of nitrogens with two attached hydrogens (primary N) is 1. The van der Waals surface area contributed by atoms with Crippen molar-refractivity contribution in [1.82, 2.24) is 0 Å². The molecule has 3 N–H and O–H groups in total. The third kappa shape index (κ3) is 3.72. The maximum atomic E-state index is 12.8. The van der Waals surface area contributed by atoms with Crippen LogP contribution in [0.15, 0.2) is 42.5 Å². The van der Waals surface area contributed by atoms with Gasteiger partial charge in [0.25, 0.3) is 0 Å². The zero-order chi connectivity index (χ0) is 15.2. The van der Waals surface area contributed by atoms with E-state index < -0.39 is 5.97 Å². The fraction of sp³-hybridized carbons (Fsp3) is 0.188. The van der Waals surface area contributed by atoms with Gasteiger partial charge in [0.05, 0.1) is 23.5 Å². The third-order valence-corrected chi connectivity index (χ3v) is 3.00. The zero-order valence-corrected chi connectivity index (χ0v) is 11.7. The number of benzene rings is 2. The van der Waals surface area contributed by atoms with Gasteiger partial charge in [-0.3, -0.25) is 0 Å². The fourth-order valence-electron chi connectivity index (χ4n) is 1.91. The van der Waals surface area contributed by atoms with Crippen LogP contribution in [-0.2, 0) is 11.3 Å². The number of hydrogen-bond donors (Lipinski definition) is 2. The smallest absolute Gasteiger partial charge is 0.340 e. The number of anilines is 2. The maximum absolute atomic E-state index is 12.8. The molecule has 2 aromatic carbocycles. The molecular weight excluding hydrogens is 271 g/mol. The number of carbonyl (C=O) groups excluding carboxylic acids is 1. The van der Waals surface area contributed by atoms with E-state index in [1.807, 2.05) is 0 Å². The second kappa shape index (κ2) is 6.74. The lowest BCUT2D eigenvalue weighted by Gasteiger charge is -2.12. The second-order valence-corrected chi connectivity index (χ2v) is 4.47. The Morgan fingerprint density at radius 3 is 2.62 bits per heavy atom. The molecule has 0 amide bonds. The van der Waals surface area contributed by atoms with Gasteiger partial charge in [0.1, 0.15) is 5.82 Å². The Labute approximate surface area is 122 Å². The molecule has 2 aromatic rings. The van der Waals surface area contributed by atoms with Gasteiger partial charge < -0.3 is 15.8 Å². The van der Waals surface area contributed by atoms with Crippen molar-refractivity contribution >= 4 is 17.3 Å². The predicted molar refractivity (Wildman–Crippen MR) is 80.5 cm³/mol. The molecule has 0 saturated heterocycles. The largest absolute Gasteiger partial charge is 0.462 e. The van der Waals surface area contributed by atoms with E-state index >= 15 is 0 Å². The Kier molecular flexibility index (Phi) is 4.77. The van der Waals surface area contributed by atoms with Crippen molar-refractivity contribution in [3.05, 3.63) is 59.4 Å². The summed E-state index contributed by atoms with van der Waals surface area (Å²) >= 11 is 0. The van der Waals surface area contributed by atoms with Gasteiger partial charge in [0.15, 0.2) is 0 Å². The molecule has 0 aromatic heterocycles. The Morgan fingerprint density at radius 2 is 1.95 bits per heavy atom. The van der Waals surface area contributed by atoms with Crippen LogP contribution >= 0.6 is 0 Å². The van der Waals surface area contributed by atoms with Gasteiger partial charge in [0.2, 0.25) is 0 Å². The van der Waals surface area contributed by atoms with E-state index in [-0.39, 0.29) is 5.82 Å². The molecule has 0 heterocycles. The molecule has 0 unspecified atom stereocenters. The van der Waals surface area contributed by atoms with E-state index in [2.05, 4.69) is 5.32 Å². The number of nitrogens with one attached hydrogen (secondary N) is 1. The minimum absolute atomic E-state index is 0.275. The van der Waals surface area contributed by atoms with Crippen molar-refractivity contribution in [2.24, 2.45) is 0 Å². The van der Waals surface area contributed by atoms with Gasteiger partial charge in [-0.15, -0.1) is 0 Å². The monoisotopic (exact) mass is 288 g/mol. The molecule has 2 rings (SSSR count). The van der Waals surface area contributed by atoms with Crippen LogP contribution in [0, 0.1) is 5.82 Å². The van der Waals surface area contributed by atoms with Crippen molar-refractivity contribution in [2.45, 2.75) is 13.5 Å². The SMILES string of the molecule is CCOC(=O)c1cccc(NCc2ccc(F)cc2)c1N. The summed E-state index contributed by atoms with van der Waals surface area (Å²) < 4.78 is 17.8. The molecule has 5 heteroatoms. The maximum Gasteiger partial charge on any atom is 0.340 e. The molecule has 4 nitrogen and oxygen atoms in total. The van der Waals surface area contributed by atoms with E-state index in [9.17, 15) is 9.18 Å². The molecule has 21 heavy (non-hydrogen) atoms. The first-order valence-corrected chi connectivity index (χ1v) is 6.65. The normalized spacial score (nSPS) is 10.2. The zero-order valence-electron chi connectivity index (χ0n) is 11.7. The Balaban J connectivity index is 2.11. The van der Waals surface area contributed by atoms with Gasteiger partial charge >= 0.3 is 5.97 Å². The highest BCUT2D eigenvalue weighted by atomic mass is 19.1. The summed E-state index contributed by atoms with van der Waals surface area (Å²) in [6.45, 7) is 2.52. The van der Waals surface area contributed by atoms with Crippen molar-refractivity contribution in [3.8, 4) is 0 Å². The number of hydrogen-bond acceptors (Lipinski definition) is 4. The number of para-hydroxylation sites is 1. The number of esters is 1. The molecule has 0 fully saturated rings. The minimum Gasteiger partial charge on any atom is -0.462 e. The number of carbonyl (C=O) groups is 1. The Morgan fingerprint density at radius 1 is 1.24 bits per heavy atom. The highest BCUT2D eigenvalue weighted by Crippen LogP contribution is 2.24. The standard InChI is InChI=1S/C16H17FN2O2/c1-2-21-16(20)13-4-3-5-14(15(13)18)19-10-11-6-8-12(17)9-7-11/h3-9,19H,2,10,18H2,1H3. The van der Waals surface area contributed by atoms with Crippen LogP contribution in [-0.4, -0.2) is 12.6 Å². The Hall–Kier alpha value is -2.56. The average molecular weight is 288 g/mol. The van der Waals surface area contributed by atoms with Gasteiger partial charge in [-0.1, -0.05) is 18.2 Å². The first-order chi connectivity index (χ1) is 10.1. The van der Waals surface area contributed by atoms with Crippen LogP contribution < -0.4 is 11.1 Å². The summed E-state index contributed by atoms with van der Waals surface area (Å²) in [4.78, 5) is 11.8. The molecule has 0 atom stereocenters. The molecule has 0 aliphatic carbocycles. The van der Waals surface area contributed by atoms with Crippen molar-refractivity contribution in [3.63, 3.8) is 0 Å². The van der Waals surface area contributed by atoms with Crippen molar-refractivity contribution < 1.29 is 13.9 Å². The number of ether oxygens (including phenoxy) is 1. The van der Waals surface area contributed by atoms with Gasteiger partial charge in [-0.2, -0.15) is 0 Å². The molecule has 0 aliphatic rings. The topological polar surface area (TPSA) is 64.3 Å². The second-order valence-electron chi connectivity index (χ2n) is 4.47. The van der Waals surface area contributed by atoms with E-state index in [0.717, 1.165) is 5.56 Å². The average Bonchev–Trinajstić information content (AvgIpc) is 2.48. The van der Waals surface area contributed by atoms with Crippen molar-refractivity contribution in [2.75, 3.05) is 17.7 Å². The summed E-state index contributed by atoms with van der Waals surface area (Å²) in [5.41, 5.74) is 8.22. The van der Waals surface area contributed by atoms with Crippen LogP contribution in [0.5, 0.6) is 0 Å². The van der Waals surface area contributed by atoms with Crippen molar-refractivity contribution in [1.29, 1.82) is 0 Å². The van der Waals surface area contributed by atoms with Crippen LogP contribution in [0.25, 0.3) is 0 Å². The first kappa shape index (κ1) is 14.8. The quantitative estimate of drug-likeness (QED) is 0.655. The van der Waals surface area contributed by atoms with Gasteiger partial charge in [0, 0.05) is 6.54 Å². The molecule has 0 radical (unpaired) electrons. The summed E-state index contributed by atoms with van der Waals surface area (Å²) in [5, 5.41) is 3.13. The van der Waals surface area contributed by atoms with Crippen LogP contribution in [0.4, 0.5) is 15.8 Å². The lowest BCUT2D eigenvalue weighted by Crippen LogP contribution is -2.10. The van der Waals surface area contributed by atoms with E-state index in [0.29, 0.717) is 30.1 Å². The molecule has 0 aliphatic heterocycles. The molecule has 0 spiro atoms. The molecule has 110 valence electrons. The van der Waals surface area contributed by atoms with Gasteiger partial charge in [-0.05, 0) is 36.8 Å². The lowest BCUT2D eigenvalue weighted by atomic mass is 10.1.